The van der Waals surface area contributed by atoms with E-state index in [2.05, 4.69) is 0 Å². The minimum Gasteiger partial charge on any atom is -0.385 e. The molecule has 4 atom stereocenters. The van der Waals surface area contributed by atoms with Crippen molar-refractivity contribution in [2.24, 2.45) is 0 Å². The molecule has 0 amide bonds. The van der Waals surface area contributed by atoms with Gasteiger partial charge in [-0.25, -0.2) is 0 Å². The Labute approximate surface area is 116 Å². The highest BCUT2D eigenvalue weighted by Gasteiger charge is 2.35. The Morgan fingerprint density at radius 1 is 0.632 bits per heavy atom. The largest absolute Gasteiger partial charge is 0.385 e. The van der Waals surface area contributed by atoms with E-state index >= 15 is 0 Å². The smallest absolute Gasteiger partial charge is 0.114 e. The summed E-state index contributed by atoms with van der Waals surface area (Å²) in [5.41, 5.74) is 0. The van der Waals surface area contributed by atoms with Gasteiger partial charge in [0.1, 0.15) is 18.3 Å². The first-order valence-corrected chi connectivity index (χ1v) is 6.29. The molecule has 0 aliphatic heterocycles. The molecule has 0 saturated heterocycles. The molecule has 0 saturated carbocycles. The van der Waals surface area contributed by atoms with Crippen molar-refractivity contribution in [3.05, 3.63) is 0 Å². The van der Waals surface area contributed by atoms with Crippen LogP contribution in [0.1, 0.15) is 6.42 Å². The van der Waals surface area contributed by atoms with Gasteiger partial charge in [-0.3, -0.25) is 0 Å². The van der Waals surface area contributed by atoms with Crippen LogP contribution in [0.25, 0.3) is 0 Å². The van der Waals surface area contributed by atoms with Crippen molar-refractivity contribution in [3.63, 3.8) is 0 Å². The summed E-state index contributed by atoms with van der Waals surface area (Å²) in [5, 5.41) is 0. The summed E-state index contributed by atoms with van der Waals surface area (Å²) < 4.78 is 32.2. The molecule has 0 rings (SSSR count). The highest BCUT2D eigenvalue weighted by molar-refractivity contribution is 4.85. The van der Waals surface area contributed by atoms with E-state index in [1.807, 2.05) is 0 Å². The van der Waals surface area contributed by atoms with Gasteiger partial charge in [0.2, 0.25) is 0 Å². The summed E-state index contributed by atoms with van der Waals surface area (Å²) in [5.74, 6) is 0. The van der Waals surface area contributed by atoms with Crippen molar-refractivity contribution in [2.75, 3.05) is 55.9 Å². The van der Waals surface area contributed by atoms with E-state index in [4.69, 9.17) is 28.4 Å². The van der Waals surface area contributed by atoms with Crippen LogP contribution in [0.5, 0.6) is 0 Å². The molecule has 6 heteroatoms. The molecule has 19 heavy (non-hydrogen) atoms. The van der Waals surface area contributed by atoms with Crippen LogP contribution < -0.4 is 0 Å². The Kier molecular flexibility index (Phi) is 11.4. The van der Waals surface area contributed by atoms with Gasteiger partial charge in [0.15, 0.2) is 0 Å². The maximum Gasteiger partial charge on any atom is 0.114 e. The van der Waals surface area contributed by atoms with Gasteiger partial charge in [-0.1, -0.05) is 0 Å². The van der Waals surface area contributed by atoms with E-state index in [9.17, 15) is 0 Å². The molecule has 0 fully saturated rings. The Bertz CT molecular complexity index is 202. The van der Waals surface area contributed by atoms with E-state index in [1.165, 1.54) is 0 Å². The average molecular weight is 280 g/mol. The fourth-order valence-electron chi connectivity index (χ4n) is 2.11. The molecular formula is C13H28O6. The second-order valence-electron chi connectivity index (χ2n) is 4.19. The molecule has 0 spiro atoms. The lowest BCUT2D eigenvalue weighted by Crippen LogP contribution is -2.49. The van der Waals surface area contributed by atoms with Gasteiger partial charge < -0.3 is 28.4 Å². The van der Waals surface area contributed by atoms with Gasteiger partial charge in [-0.05, 0) is 6.42 Å². The molecule has 0 aliphatic rings. The van der Waals surface area contributed by atoms with Crippen LogP contribution in [0.2, 0.25) is 0 Å². The predicted molar refractivity (Wildman–Crippen MR) is 71.6 cm³/mol. The van der Waals surface area contributed by atoms with Gasteiger partial charge in [-0.2, -0.15) is 0 Å². The molecule has 0 N–H and O–H groups in total. The van der Waals surface area contributed by atoms with Crippen LogP contribution in [0.4, 0.5) is 0 Å². The summed E-state index contributed by atoms with van der Waals surface area (Å²) in [6, 6.07) is 0. The van der Waals surface area contributed by atoms with Crippen LogP contribution in [0.3, 0.4) is 0 Å². The highest BCUT2D eigenvalue weighted by Crippen LogP contribution is 2.18. The molecule has 0 bridgehead atoms. The zero-order valence-electron chi connectivity index (χ0n) is 12.9. The molecule has 0 unspecified atom stereocenters. The summed E-state index contributed by atoms with van der Waals surface area (Å²) in [6.45, 7) is 1.02. The second kappa shape index (κ2) is 11.6. The monoisotopic (exact) mass is 280 g/mol. The summed E-state index contributed by atoms with van der Waals surface area (Å²) in [6.07, 6.45) is -0.180. The van der Waals surface area contributed by atoms with Crippen LogP contribution in [0.15, 0.2) is 0 Å². The summed E-state index contributed by atoms with van der Waals surface area (Å²) in [7, 11) is 9.82. The lowest BCUT2D eigenvalue weighted by molar-refractivity contribution is -0.161. The van der Waals surface area contributed by atoms with Crippen molar-refractivity contribution < 1.29 is 28.4 Å². The Balaban J connectivity index is 4.80. The van der Waals surface area contributed by atoms with E-state index < -0.39 is 0 Å². The van der Waals surface area contributed by atoms with Gasteiger partial charge >= 0.3 is 0 Å². The highest BCUT2D eigenvalue weighted by atomic mass is 16.6. The van der Waals surface area contributed by atoms with Crippen molar-refractivity contribution >= 4 is 0 Å². The van der Waals surface area contributed by atoms with E-state index in [0.717, 1.165) is 6.42 Å². The third kappa shape index (κ3) is 6.16. The SMILES string of the molecule is COCC[C@@H](OC)[C@H](OC)[C@@H](OC)[C@H](COC)OC. The third-order valence-corrected chi connectivity index (χ3v) is 3.14. The van der Waals surface area contributed by atoms with Crippen molar-refractivity contribution in [1.29, 1.82) is 0 Å². The molecule has 6 nitrogen and oxygen atoms in total. The first-order chi connectivity index (χ1) is 9.19. The second-order valence-corrected chi connectivity index (χ2v) is 4.19. The standard InChI is InChI=1S/C13H28O6/c1-14-8-7-10(16-3)12(18-5)13(19-6)11(17-4)9-15-2/h10-13H,7-9H2,1-6H3/t10-,11+,12+,13+/m1/s1. The number of hydrogen-bond donors (Lipinski definition) is 0. The summed E-state index contributed by atoms with van der Waals surface area (Å²) in [4.78, 5) is 0. The topological polar surface area (TPSA) is 55.4 Å². The molecule has 116 valence electrons. The van der Waals surface area contributed by atoms with Crippen LogP contribution in [0, 0.1) is 0 Å². The normalized spacial score (nSPS) is 18.0. The van der Waals surface area contributed by atoms with Crippen molar-refractivity contribution in [3.8, 4) is 0 Å². The molecule has 0 heterocycles. The van der Waals surface area contributed by atoms with Crippen LogP contribution in [-0.2, 0) is 28.4 Å². The Morgan fingerprint density at radius 3 is 1.53 bits per heavy atom. The van der Waals surface area contributed by atoms with Gasteiger partial charge in [0.25, 0.3) is 0 Å². The molecular weight excluding hydrogens is 252 g/mol. The van der Waals surface area contributed by atoms with E-state index in [0.29, 0.717) is 13.2 Å². The quantitative estimate of drug-likeness (QED) is 0.525. The first kappa shape index (κ1) is 18.8. The lowest BCUT2D eigenvalue weighted by atomic mass is 10.0. The Hall–Kier alpha value is -0.240. The lowest BCUT2D eigenvalue weighted by Gasteiger charge is -2.34. The molecule has 0 aromatic rings. The van der Waals surface area contributed by atoms with Crippen LogP contribution in [-0.4, -0.2) is 80.3 Å². The number of rotatable bonds is 12. The minimum absolute atomic E-state index is 0.135. The maximum absolute atomic E-state index is 5.54. The fraction of sp³-hybridized carbons (Fsp3) is 1.00. The van der Waals surface area contributed by atoms with Crippen molar-refractivity contribution in [1.82, 2.24) is 0 Å². The maximum atomic E-state index is 5.54. The van der Waals surface area contributed by atoms with Crippen molar-refractivity contribution in [2.45, 2.75) is 30.8 Å². The molecule has 0 aromatic carbocycles. The van der Waals surface area contributed by atoms with Gasteiger partial charge in [-0.15, -0.1) is 0 Å². The van der Waals surface area contributed by atoms with E-state index in [-0.39, 0.29) is 24.4 Å². The predicted octanol–water partition coefficient (Wildman–Crippen LogP) is 0.729. The number of methoxy groups -OCH3 is 6. The molecule has 0 aromatic heterocycles. The van der Waals surface area contributed by atoms with Gasteiger partial charge in [0.05, 0.1) is 12.7 Å². The number of ether oxygens (including phenoxy) is 6. The Morgan fingerprint density at radius 2 is 1.16 bits per heavy atom. The summed E-state index contributed by atoms with van der Waals surface area (Å²) >= 11 is 0. The molecule has 0 aliphatic carbocycles. The van der Waals surface area contributed by atoms with Gasteiger partial charge in [0, 0.05) is 49.3 Å². The van der Waals surface area contributed by atoms with E-state index in [1.54, 1.807) is 42.7 Å². The number of hydrogen-bond acceptors (Lipinski definition) is 6. The minimum atomic E-state index is -0.281. The average Bonchev–Trinajstić information content (AvgIpc) is 2.45. The molecule has 0 radical (unpaired) electrons. The zero-order chi connectivity index (χ0) is 14.7. The fourth-order valence-corrected chi connectivity index (χ4v) is 2.11. The first-order valence-electron chi connectivity index (χ1n) is 6.29. The zero-order valence-corrected chi connectivity index (χ0v) is 12.9. The third-order valence-electron chi connectivity index (χ3n) is 3.14. The van der Waals surface area contributed by atoms with Crippen LogP contribution >= 0.6 is 0 Å².